The van der Waals surface area contributed by atoms with Crippen LogP contribution in [-0.4, -0.2) is 13.1 Å². The molecule has 0 atom stereocenters. The van der Waals surface area contributed by atoms with Gasteiger partial charge in [0.05, 0.1) is 12.7 Å². The van der Waals surface area contributed by atoms with E-state index >= 15 is 0 Å². The third-order valence-electron chi connectivity index (χ3n) is 3.87. The lowest BCUT2D eigenvalue weighted by Crippen LogP contribution is -2.25. The molecule has 3 nitrogen and oxygen atoms in total. The summed E-state index contributed by atoms with van der Waals surface area (Å²) in [6.07, 6.45) is 0. The molecule has 24 heavy (non-hydrogen) atoms. The van der Waals surface area contributed by atoms with Gasteiger partial charge in [0.25, 0.3) is 0 Å². The highest BCUT2D eigenvalue weighted by molar-refractivity contribution is 7.85. The summed E-state index contributed by atoms with van der Waals surface area (Å²) < 4.78 is 18.9. The van der Waals surface area contributed by atoms with Crippen molar-refractivity contribution in [3.63, 3.8) is 0 Å². The number of ether oxygens (including phenoxy) is 1. The largest absolute Gasteiger partial charge is 0.465 e. The van der Waals surface area contributed by atoms with Crippen LogP contribution in [-0.2, 0) is 9.30 Å². The molecular weight excluding hydrogens is 319 g/mol. The molecule has 0 aliphatic rings. The van der Waals surface area contributed by atoms with Crippen molar-refractivity contribution in [2.75, 3.05) is 7.11 Å². The fourth-order valence-electron chi connectivity index (χ4n) is 2.67. The Bertz CT molecular complexity index is 846. The average Bonchev–Trinajstić information content (AvgIpc) is 2.68. The summed E-state index contributed by atoms with van der Waals surface area (Å²) in [5, 5.41) is 2.08. The van der Waals surface area contributed by atoms with Crippen molar-refractivity contribution in [3.8, 4) is 0 Å². The molecule has 3 aromatic rings. The van der Waals surface area contributed by atoms with E-state index in [4.69, 9.17) is 4.74 Å². The molecule has 0 heterocycles. The van der Waals surface area contributed by atoms with E-state index in [1.54, 1.807) is 24.3 Å². The SMILES string of the molecule is COC(=O)c1cccc(P(=O)(c2ccccc2)c2ccccc2)c1. The molecule has 3 rings (SSSR count). The van der Waals surface area contributed by atoms with Crippen molar-refractivity contribution in [3.05, 3.63) is 90.5 Å². The zero-order valence-electron chi connectivity index (χ0n) is 13.3. The summed E-state index contributed by atoms with van der Waals surface area (Å²) in [5.41, 5.74) is 0.391. The highest BCUT2D eigenvalue weighted by Crippen LogP contribution is 2.42. The zero-order valence-corrected chi connectivity index (χ0v) is 14.1. The van der Waals surface area contributed by atoms with Gasteiger partial charge in [0, 0.05) is 15.9 Å². The van der Waals surface area contributed by atoms with Gasteiger partial charge in [-0.2, -0.15) is 0 Å². The van der Waals surface area contributed by atoms with Crippen LogP contribution >= 0.6 is 7.14 Å². The van der Waals surface area contributed by atoms with Gasteiger partial charge in [-0.25, -0.2) is 4.79 Å². The average molecular weight is 336 g/mol. The number of benzene rings is 3. The van der Waals surface area contributed by atoms with E-state index in [0.29, 0.717) is 10.9 Å². The Kier molecular flexibility index (Phi) is 4.64. The molecule has 0 N–H and O–H groups in total. The topological polar surface area (TPSA) is 43.4 Å². The number of rotatable bonds is 4. The van der Waals surface area contributed by atoms with Crippen molar-refractivity contribution in [2.45, 2.75) is 0 Å². The lowest BCUT2D eigenvalue weighted by molar-refractivity contribution is 0.0601. The number of carbonyl (C=O) groups is 1. The van der Waals surface area contributed by atoms with Gasteiger partial charge in [-0.3, -0.25) is 0 Å². The maximum atomic E-state index is 14.1. The molecule has 0 aliphatic carbocycles. The zero-order chi connectivity index (χ0) is 17.0. The molecule has 0 aromatic heterocycles. The second-order valence-electron chi connectivity index (χ2n) is 5.32. The van der Waals surface area contributed by atoms with E-state index < -0.39 is 13.1 Å². The number of hydrogen-bond donors (Lipinski definition) is 0. The molecule has 0 saturated heterocycles. The van der Waals surface area contributed by atoms with Gasteiger partial charge < -0.3 is 9.30 Å². The first-order chi connectivity index (χ1) is 11.7. The van der Waals surface area contributed by atoms with E-state index in [9.17, 15) is 9.36 Å². The molecule has 0 amide bonds. The van der Waals surface area contributed by atoms with Crippen LogP contribution in [0.3, 0.4) is 0 Å². The lowest BCUT2D eigenvalue weighted by atomic mass is 10.2. The molecular formula is C20H17O3P. The highest BCUT2D eigenvalue weighted by atomic mass is 31.2. The lowest BCUT2D eigenvalue weighted by Gasteiger charge is -2.20. The van der Waals surface area contributed by atoms with Crippen molar-refractivity contribution >= 4 is 29.0 Å². The Morgan fingerprint density at radius 1 is 0.750 bits per heavy atom. The molecule has 0 fully saturated rings. The van der Waals surface area contributed by atoms with E-state index in [0.717, 1.165) is 10.6 Å². The molecule has 3 aromatic carbocycles. The summed E-state index contributed by atoms with van der Waals surface area (Å²) in [6, 6.07) is 25.6. The molecule has 0 radical (unpaired) electrons. The minimum Gasteiger partial charge on any atom is -0.465 e. The van der Waals surface area contributed by atoms with Crippen LogP contribution in [0.5, 0.6) is 0 Å². The normalized spacial score (nSPS) is 11.0. The Morgan fingerprint density at radius 2 is 1.25 bits per heavy atom. The number of esters is 1. The minimum absolute atomic E-state index is 0.391. The van der Waals surface area contributed by atoms with Gasteiger partial charge in [0.2, 0.25) is 0 Å². The van der Waals surface area contributed by atoms with E-state index in [2.05, 4.69) is 0 Å². The van der Waals surface area contributed by atoms with Gasteiger partial charge in [-0.15, -0.1) is 0 Å². The summed E-state index contributed by atoms with van der Waals surface area (Å²) in [5.74, 6) is -0.440. The van der Waals surface area contributed by atoms with Crippen LogP contribution in [0.25, 0.3) is 0 Å². The Hall–Kier alpha value is -2.64. The third kappa shape index (κ3) is 2.91. The summed E-state index contributed by atoms with van der Waals surface area (Å²) >= 11 is 0. The summed E-state index contributed by atoms with van der Waals surface area (Å²) in [7, 11) is -1.73. The number of carbonyl (C=O) groups excluding carboxylic acids is 1. The molecule has 0 aliphatic heterocycles. The van der Waals surface area contributed by atoms with Gasteiger partial charge >= 0.3 is 5.97 Å². The van der Waals surface area contributed by atoms with E-state index in [1.165, 1.54) is 7.11 Å². The molecule has 0 saturated carbocycles. The quantitative estimate of drug-likeness (QED) is 0.543. The molecule has 120 valence electrons. The first kappa shape index (κ1) is 16.2. The second-order valence-corrected chi connectivity index (χ2v) is 8.09. The van der Waals surface area contributed by atoms with Crippen molar-refractivity contribution in [1.82, 2.24) is 0 Å². The third-order valence-corrected chi connectivity index (χ3v) is 6.93. The van der Waals surface area contributed by atoms with Crippen LogP contribution in [0.4, 0.5) is 0 Å². The van der Waals surface area contributed by atoms with E-state index in [1.807, 2.05) is 60.7 Å². The first-order valence-corrected chi connectivity index (χ1v) is 9.27. The standard InChI is InChI=1S/C20H17O3P/c1-23-20(21)16-9-8-14-19(15-16)24(22,17-10-4-2-5-11-17)18-12-6-3-7-13-18/h2-15H,1H3. The molecule has 0 spiro atoms. The Labute approximate surface area is 141 Å². The Morgan fingerprint density at radius 3 is 1.75 bits per heavy atom. The predicted molar refractivity (Wildman–Crippen MR) is 97.2 cm³/mol. The van der Waals surface area contributed by atoms with Crippen LogP contribution in [0.2, 0.25) is 0 Å². The summed E-state index contributed by atoms with van der Waals surface area (Å²) in [4.78, 5) is 11.9. The fourth-order valence-corrected chi connectivity index (χ4v) is 5.36. The first-order valence-electron chi connectivity index (χ1n) is 7.56. The smallest absolute Gasteiger partial charge is 0.337 e. The maximum Gasteiger partial charge on any atom is 0.337 e. The number of methoxy groups -OCH3 is 1. The second kappa shape index (κ2) is 6.86. The van der Waals surface area contributed by atoms with Crippen LogP contribution < -0.4 is 15.9 Å². The van der Waals surface area contributed by atoms with Gasteiger partial charge in [-0.05, 0) is 12.1 Å². The monoisotopic (exact) mass is 336 g/mol. The number of hydrogen-bond acceptors (Lipinski definition) is 3. The van der Waals surface area contributed by atoms with E-state index in [-0.39, 0.29) is 0 Å². The highest BCUT2D eigenvalue weighted by Gasteiger charge is 2.30. The predicted octanol–water partition coefficient (Wildman–Crippen LogP) is 3.11. The summed E-state index contributed by atoms with van der Waals surface area (Å²) in [6.45, 7) is 0. The fraction of sp³-hybridized carbons (Fsp3) is 0.0500. The van der Waals surface area contributed by atoms with Crippen LogP contribution in [0.15, 0.2) is 84.9 Å². The van der Waals surface area contributed by atoms with Crippen LogP contribution in [0, 0.1) is 0 Å². The molecule has 0 bridgehead atoms. The minimum atomic E-state index is -3.06. The Balaban J connectivity index is 2.24. The van der Waals surface area contributed by atoms with Gasteiger partial charge in [-0.1, -0.05) is 72.8 Å². The van der Waals surface area contributed by atoms with Gasteiger partial charge in [0.15, 0.2) is 7.14 Å². The van der Waals surface area contributed by atoms with Crippen molar-refractivity contribution < 1.29 is 14.1 Å². The van der Waals surface area contributed by atoms with Crippen molar-refractivity contribution in [1.29, 1.82) is 0 Å². The van der Waals surface area contributed by atoms with Gasteiger partial charge in [0.1, 0.15) is 0 Å². The van der Waals surface area contributed by atoms with Crippen molar-refractivity contribution in [2.24, 2.45) is 0 Å². The van der Waals surface area contributed by atoms with Crippen LogP contribution in [0.1, 0.15) is 10.4 Å². The molecule has 4 heteroatoms. The molecule has 0 unspecified atom stereocenters. The maximum absolute atomic E-state index is 14.1.